The van der Waals surface area contributed by atoms with E-state index < -0.39 is 0 Å². The van der Waals surface area contributed by atoms with E-state index in [1.54, 1.807) is 0 Å². The maximum Gasteiger partial charge on any atom is 0.227 e. The van der Waals surface area contributed by atoms with Crippen LogP contribution < -0.4 is 4.90 Å². The van der Waals surface area contributed by atoms with Crippen LogP contribution in [0.1, 0.15) is 19.3 Å². The van der Waals surface area contributed by atoms with Crippen molar-refractivity contribution < 1.29 is 9.53 Å². The molecule has 3 heterocycles. The average Bonchev–Trinajstić information content (AvgIpc) is 3.22. The molecule has 1 amide bonds. The zero-order valence-electron chi connectivity index (χ0n) is 15.3. The molecule has 6 nitrogen and oxygen atoms in total. The van der Waals surface area contributed by atoms with E-state index in [-0.39, 0.29) is 11.8 Å². The van der Waals surface area contributed by atoms with Crippen molar-refractivity contribution in [3.8, 4) is 0 Å². The number of piperidine rings is 1. The summed E-state index contributed by atoms with van der Waals surface area (Å²) < 4.78 is 5.34. The number of ether oxygens (including phenoxy) is 1. The Kier molecular flexibility index (Phi) is 5.02. The first-order chi connectivity index (χ1) is 12.7. The minimum atomic E-state index is 0.0629. The molecule has 6 heteroatoms. The van der Waals surface area contributed by atoms with E-state index in [9.17, 15) is 4.79 Å². The number of carbonyl (C=O) groups is 1. The van der Waals surface area contributed by atoms with E-state index in [0.29, 0.717) is 12.5 Å². The third-order valence-electron chi connectivity index (χ3n) is 5.56. The van der Waals surface area contributed by atoms with Crippen molar-refractivity contribution >= 4 is 22.8 Å². The molecule has 0 spiro atoms. The molecule has 138 valence electrons. The standard InChI is InChI=1S/C20H26N4O2/c1-23(20(25)16-8-11-26-14-16)13-15-6-9-24(10-7-15)19-12-21-17-4-2-3-5-18(17)22-19/h2-5,12,15-16H,6-11,13-14H2,1H3. The Morgan fingerprint density at radius 3 is 2.73 bits per heavy atom. The number of hydrogen-bond donors (Lipinski definition) is 0. The number of carbonyl (C=O) groups excluding carboxylic acids is 1. The van der Waals surface area contributed by atoms with Crippen molar-refractivity contribution in [3.05, 3.63) is 30.5 Å². The minimum absolute atomic E-state index is 0.0629. The Morgan fingerprint density at radius 1 is 1.23 bits per heavy atom. The molecule has 1 atom stereocenters. The average molecular weight is 354 g/mol. The summed E-state index contributed by atoms with van der Waals surface area (Å²) in [4.78, 5) is 25.9. The number of anilines is 1. The first-order valence-corrected chi connectivity index (χ1v) is 9.50. The highest BCUT2D eigenvalue weighted by atomic mass is 16.5. The summed E-state index contributed by atoms with van der Waals surface area (Å²) in [5.41, 5.74) is 1.87. The van der Waals surface area contributed by atoms with Crippen LogP contribution in [0.5, 0.6) is 0 Å². The predicted octanol–water partition coefficient (Wildman–Crippen LogP) is 2.34. The van der Waals surface area contributed by atoms with Gasteiger partial charge < -0.3 is 14.5 Å². The fraction of sp³-hybridized carbons (Fsp3) is 0.550. The van der Waals surface area contributed by atoms with E-state index in [1.807, 2.05) is 42.4 Å². The van der Waals surface area contributed by atoms with Gasteiger partial charge in [0.15, 0.2) is 0 Å². The quantitative estimate of drug-likeness (QED) is 0.843. The number of benzene rings is 1. The van der Waals surface area contributed by atoms with Crippen LogP contribution in [0.4, 0.5) is 5.82 Å². The highest BCUT2D eigenvalue weighted by Gasteiger charge is 2.28. The van der Waals surface area contributed by atoms with Crippen molar-refractivity contribution in [2.45, 2.75) is 19.3 Å². The topological polar surface area (TPSA) is 58.6 Å². The van der Waals surface area contributed by atoms with Crippen molar-refractivity contribution in [3.63, 3.8) is 0 Å². The zero-order valence-corrected chi connectivity index (χ0v) is 15.3. The maximum absolute atomic E-state index is 12.4. The van der Waals surface area contributed by atoms with Crippen LogP contribution in [0.3, 0.4) is 0 Å². The Morgan fingerprint density at radius 2 is 2.00 bits per heavy atom. The molecule has 0 bridgehead atoms. The normalized spacial score (nSPS) is 21.3. The molecule has 2 aliphatic heterocycles. The fourth-order valence-electron chi connectivity index (χ4n) is 3.96. The van der Waals surface area contributed by atoms with Crippen LogP contribution in [-0.2, 0) is 9.53 Å². The summed E-state index contributed by atoms with van der Waals surface area (Å²) in [6.07, 6.45) is 4.89. The summed E-state index contributed by atoms with van der Waals surface area (Å²) in [5.74, 6) is 1.81. The maximum atomic E-state index is 12.4. The summed E-state index contributed by atoms with van der Waals surface area (Å²) >= 11 is 0. The number of rotatable bonds is 4. The van der Waals surface area contributed by atoms with Crippen LogP contribution in [0.2, 0.25) is 0 Å². The summed E-state index contributed by atoms with van der Waals surface area (Å²) in [6, 6.07) is 7.97. The Bertz CT molecular complexity index is 767. The lowest BCUT2D eigenvalue weighted by molar-refractivity contribution is -0.134. The van der Waals surface area contributed by atoms with Gasteiger partial charge in [-0.25, -0.2) is 4.98 Å². The number of nitrogens with zero attached hydrogens (tertiary/aromatic N) is 4. The van der Waals surface area contributed by atoms with E-state index in [0.717, 1.165) is 62.4 Å². The van der Waals surface area contributed by atoms with Gasteiger partial charge in [-0.3, -0.25) is 9.78 Å². The molecule has 2 saturated heterocycles. The Labute approximate surface area is 154 Å². The van der Waals surface area contributed by atoms with E-state index >= 15 is 0 Å². The lowest BCUT2D eigenvalue weighted by Gasteiger charge is -2.34. The Hall–Kier alpha value is -2.21. The second-order valence-corrected chi connectivity index (χ2v) is 7.43. The number of aromatic nitrogens is 2. The molecule has 0 saturated carbocycles. The van der Waals surface area contributed by atoms with E-state index in [2.05, 4.69) is 9.88 Å². The largest absolute Gasteiger partial charge is 0.381 e. The molecule has 0 aliphatic carbocycles. The number of amides is 1. The van der Waals surface area contributed by atoms with Gasteiger partial charge in [0.1, 0.15) is 5.82 Å². The molecule has 2 aliphatic rings. The van der Waals surface area contributed by atoms with Crippen molar-refractivity contribution in [1.29, 1.82) is 0 Å². The first kappa shape index (κ1) is 17.2. The molecule has 26 heavy (non-hydrogen) atoms. The zero-order chi connectivity index (χ0) is 17.9. The summed E-state index contributed by atoms with van der Waals surface area (Å²) in [5, 5.41) is 0. The van der Waals surface area contributed by atoms with Crippen molar-refractivity contribution in [2.24, 2.45) is 11.8 Å². The van der Waals surface area contributed by atoms with Crippen LogP contribution in [0, 0.1) is 11.8 Å². The Balaban J connectivity index is 1.32. The molecule has 1 unspecified atom stereocenters. The second-order valence-electron chi connectivity index (χ2n) is 7.43. The van der Waals surface area contributed by atoms with Crippen LogP contribution in [0.15, 0.2) is 30.5 Å². The van der Waals surface area contributed by atoms with Gasteiger partial charge in [0.25, 0.3) is 0 Å². The smallest absolute Gasteiger partial charge is 0.227 e. The van der Waals surface area contributed by atoms with E-state index in [1.165, 1.54) is 0 Å². The summed E-state index contributed by atoms with van der Waals surface area (Å²) in [6.45, 7) is 4.07. The molecule has 0 N–H and O–H groups in total. The molecule has 1 aromatic heterocycles. The minimum Gasteiger partial charge on any atom is -0.381 e. The second kappa shape index (κ2) is 7.58. The lowest BCUT2D eigenvalue weighted by atomic mass is 9.95. The van der Waals surface area contributed by atoms with Crippen LogP contribution >= 0.6 is 0 Å². The molecular weight excluding hydrogens is 328 g/mol. The van der Waals surface area contributed by atoms with Gasteiger partial charge in [-0.15, -0.1) is 0 Å². The highest BCUT2D eigenvalue weighted by Crippen LogP contribution is 2.24. The molecular formula is C20H26N4O2. The fourth-order valence-corrected chi connectivity index (χ4v) is 3.96. The van der Waals surface area contributed by atoms with Crippen LogP contribution in [0.25, 0.3) is 11.0 Å². The van der Waals surface area contributed by atoms with Crippen molar-refractivity contribution in [2.75, 3.05) is 44.8 Å². The number of hydrogen-bond acceptors (Lipinski definition) is 5. The van der Waals surface area contributed by atoms with Crippen molar-refractivity contribution in [1.82, 2.24) is 14.9 Å². The van der Waals surface area contributed by atoms with Gasteiger partial charge in [-0.05, 0) is 37.3 Å². The SMILES string of the molecule is CN(CC1CCN(c2cnc3ccccc3n2)CC1)C(=O)C1CCOC1. The molecule has 1 aromatic carbocycles. The third kappa shape index (κ3) is 3.65. The van der Waals surface area contributed by atoms with Gasteiger partial charge in [0.05, 0.1) is 29.8 Å². The number of fused-ring (bicyclic) bond motifs is 1. The van der Waals surface area contributed by atoms with Gasteiger partial charge in [0.2, 0.25) is 5.91 Å². The lowest BCUT2D eigenvalue weighted by Crippen LogP contribution is -2.41. The molecule has 2 aromatic rings. The van der Waals surface area contributed by atoms with Gasteiger partial charge in [-0.1, -0.05) is 12.1 Å². The highest BCUT2D eigenvalue weighted by molar-refractivity contribution is 5.79. The van der Waals surface area contributed by atoms with E-state index in [4.69, 9.17) is 9.72 Å². The first-order valence-electron chi connectivity index (χ1n) is 9.50. The number of para-hydroxylation sites is 2. The molecule has 4 rings (SSSR count). The van der Waals surface area contributed by atoms with Crippen LogP contribution in [-0.4, -0.2) is 60.7 Å². The summed E-state index contributed by atoms with van der Waals surface area (Å²) in [7, 11) is 1.93. The third-order valence-corrected chi connectivity index (χ3v) is 5.56. The monoisotopic (exact) mass is 354 g/mol. The van der Waals surface area contributed by atoms with Gasteiger partial charge >= 0.3 is 0 Å². The van der Waals surface area contributed by atoms with Gasteiger partial charge in [-0.2, -0.15) is 0 Å². The molecule has 0 radical (unpaired) electrons. The predicted molar refractivity (Wildman–Crippen MR) is 101 cm³/mol. The molecule has 2 fully saturated rings. The van der Waals surface area contributed by atoms with Gasteiger partial charge in [0, 0.05) is 33.3 Å².